The zero-order valence-corrected chi connectivity index (χ0v) is 10.9. The number of nitrogens with two attached hydrogens (primary N) is 1. The summed E-state index contributed by atoms with van der Waals surface area (Å²) < 4.78 is 10.7. The van der Waals surface area contributed by atoms with Crippen molar-refractivity contribution in [2.24, 2.45) is 0 Å². The third-order valence-corrected chi connectivity index (χ3v) is 3.37. The number of hydrogen-bond acceptors (Lipinski definition) is 6. The Morgan fingerprint density at radius 1 is 1.10 bits per heavy atom. The van der Waals surface area contributed by atoms with Crippen LogP contribution in [0.2, 0.25) is 0 Å². The summed E-state index contributed by atoms with van der Waals surface area (Å²) in [6.07, 6.45) is 0.723. The standard InChI is InChI=1S/C14H12N4O2/c1-2-12-17-13(15)8-3-7-4-10-11(20-6-19-10)5-9(7)16-14(8)18-12/h3-5H,2,6H2,1H3,(H2,15,16,17,18). The number of aryl methyl sites for hydroxylation is 1. The maximum absolute atomic E-state index is 5.99. The first-order valence-electron chi connectivity index (χ1n) is 6.41. The molecule has 0 radical (unpaired) electrons. The van der Waals surface area contributed by atoms with Gasteiger partial charge in [-0.05, 0) is 12.1 Å². The molecular formula is C14H12N4O2. The number of fused-ring (bicyclic) bond motifs is 3. The van der Waals surface area contributed by atoms with Gasteiger partial charge in [0, 0.05) is 17.9 Å². The SMILES string of the molecule is CCc1nc(N)c2cc3cc4c(cc3nc2n1)OCO4. The Labute approximate surface area is 114 Å². The molecule has 4 rings (SSSR count). The van der Waals surface area contributed by atoms with Gasteiger partial charge in [-0.3, -0.25) is 0 Å². The van der Waals surface area contributed by atoms with E-state index >= 15 is 0 Å². The van der Waals surface area contributed by atoms with E-state index in [-0.39, 0.29) is 6.79 Å². The summed E-state index contributed by atoms with van der Waals surface area (Å²) >= 11 is 0. The molecule has 2 N–H and O–H groups in total. The highest BCUT2D eigenvalue weighted by Crippen LogP contribution is 2.36. The quantitative estimate of drug-likeness (QED) is 0.680. The van der Waals surface area contributed by atoms with Crippen molar-refractivity contribution in [3.05, 3.63) is 24.0 Å². The zero-order chi connectivity index (χ0) is 13.7. The smallest absolute Gasteiger partial charge is 0.231 e. The van der Waals surface area contributed by atoms with Crippen molar-refractivity contribution in [1.29, 1.82) is 0 Å². The number of aromatic nitrogens is 3. The van der Waals surface area contributed by atoms with Gasteiger partial charge < -0.3 is 15.2 Å². The third kappa shape index (κ3) is 1.54. The summed E-state index contributed by atoms with van der Waals surface area (Å²) in [5, 5.41) is 1.69. The summed E-state index contributed by atoms with van der Waals surface area (Å²) in [6.45, 7) is 2.23. The highest BCUT2D eigenvalue weighted by molar-refractivity contribution is 5.97. The fraction of sp³-hybridized carbons (Fsp3) is 0.214. The second-order valence-corrected chi connectivity index (χ2v) is 4.64. The maximum Gasteiger partial charge on any atom is 0.231 e. The fourth-order valence-electron chi connectivity index (χ4n) is 2.33. The molecule has 1 aliphatic rings. The predicted molar refractivity (Wildman–Crippen MR) is 74.8 cm³/mol. The van der Waals surface area contributed by atoms with Crippen molar-refractivity contribution in [3.63, 3.8) is 0 Å². The van der Waals surface area contributed by atoms with Crippen molar-refractivity contribution >= 4 is 27.8 Å². The summed E-state index contributed by atoms with van der Waals surface area (Å²) in [7, 11) is 0. The minimum atomic E-state index is 0.243. The van der Waals surface area contributed by atoms with Crippen LogP contribution in [0.3, 0.4) is 0 Å². The highest BCUT2D eigenvalue weighted by Gasteiger charge is 2.16. The number of nitrogen functional groups attached to an aromatic ring is 1. The largest absolute Gasteiger partial charge is 0.454 e. The Bertz CT molecular complexity index is 848. The van der Waals surface area contributed by atoms with Gasteiger partial charge in [-0.2, -0.15) is 0 Å². The van der Waals surface area contributed by atoms with Crippen LogP contribution in [0.4, 0.5) is 5.82 Å². The minimum Gasteiger partial charge on any atom is -0.454 e. The molecule has 6 heteroatoms. The van der Waals surface area contributed by atoms with Gasteiger partial charge in [-0.15, -0.1) is 0 Å². The molecule has 0 fully saturated rings. The van der Waals surface area contributed by atoms with Crippen LogP contribution in [0.15, 0.2) is 18.2 Å². The van der Waals surface area contributed by atoms with E-state index in [0.717, 1.165) is 28.5 Å². The monoisotopic (exact) mass is 268 g/mol. The maximum atomic E-state index is 5.99. The number of nitrogens with zero attached hydrogens (tertiary/aromatic N) is 3. The molecule has 3 aromatic rings. The predicted octanol–water partition coefficient (Wildman–Crippen LogP) is 2.05. The lowest BCUT2D eigenvalue weighted by Gasteiger charge is -2.06. The van der Waals surface area contributed by atoms with Gasteiger partial charge >= 0.3 is 0 Å². The van der Waals surface area contributed by atoms with Crippen LogP contribution in [0.5, 0.6) is 11.5 Å². The number of ether oxygens (including phenoxy) is 2. The number of pyridine rings is 1. The Morgan fingerprint density at radius 3 is 2.70 bits per heavy atom. The molecule has 2 aromatic heterocycles. The minimum absolute atomic E-state index is 0.243. The lowest BCUT2D eigenvalue weighted by atomic mass is 10.1. The van der Waals surface area contributed by atoms with Crippen molar-refractivity contribution < 1.29 is 9.47 Å². The van der Waals surface area contributed by atoms with Crippen LogP contribution < -0.4 is 15.2 Å². The molecule has 1 aliphatic heterocycles. The van der Waals surface area contributed by atoms with E-state index in [1.165, 1.54) is 0 Å². The average molecular weight is 268 g/mol. The third-order valence-electron chi connectivity index (χ3n) is 3.37. The van der Waals surface area contributed by atoms with Gasteiger partial charge in [0.05, 0.1) is 10.9 Å². The lowest BCUT2D eigenvalue weighted by molar-refractivity contribution is 0.174. The molecular weight excluding hydrogens is 256 g/mol. The first kappa shape index (κ1) is 11.2. The van der Waals surface area contributed by atoms with Crippen LogP contribution in [0, 0.1) is 0 Å². The molecule has 1 aromatic carbocycles. The van der Waals surface area contributed by atoms with Crippen molar-refractivity contribution in [1.82, 2.24) is 15.0 Å². The van der Waals surface area contributed by atoms with Gasteiger partial charge in [0.15, 0.2) is 17.1 Å². The van der Waals surface area contributed by atoms with E-state index in [2.05, 4.69) is 15.0 Å². The first-order chi connectivity index (χ1) is 9.74. The number of rotatable bonds is 1. The second-order valence-electron chi connectivity index (χ2n) is 4.64. The van der Waals surface area contributed by atoms with E-state index < -0.39 is 0 Å². The molecule has 0 atom stereocenters. The number of benzene rings is 1. The first-order valence-corrected chi connectivity index (χ1v) is 6.41. The van der Waals surface area contributed by atoms with Gasteiger partial charge in [0.1, 0.15) is 11.6 Å². The molecule has 0 unspecified atom stereocenters. The highest BCUT2D eigenvalue weighted by atomic mass is 16.7. The van der Waals surface area contributed by atoms with E-state index in [0.29, 0.717) is 23.0 Å². The van der Waals surface area contributed by atoms with Gasteiger partial charge in [-0.1, -0.05) is 6.92 Å². The summed E-state index contributed by atoms with van der Waals surface area (Å²) in [4.78, 5) is 13.3. The molecule has 0 spiro atoms. The molecule has 0 saturated carbocycles. The topological polar surface area (TPSA) is 83.2 Å². The number of anilines is 1. The van der Waals surface area contributed by atoms with Crippen LogP contribution in [-0.4, -0.2) is 21.7 Å². The van der Waals surface area contributed by atoms with Gasteiger partial charge in [0.25, 0.3) is 0 Å². The van der Waals surface area contributed by atoms with Crippen LogP contribution in [0.1, 0.15) is 12.7 Å². The molecule has 6 nitrogen and oxygen atoms in total. The fourth-order valence-corrected chi connectivity index (χ4v) is 2.33. The Morgan fingerprint density at radius 2 is 1.90 bits per heavy atom. The Kier molecular flexibility index (Phi) is 2.20. The van der Waals surface area contributed by atoms with Crippen LogP contribution >= 0.6 is 0 Å². The molecule has 0 amide bonds. The van der Waals surface area contributed by atoms with Gasteiger partial charge in [0.2, 0.25) is 6.79 Å². The van der Waals surface area contributed by atoms with E-state index in [1.54, 1.807) is 0 Å². The van der Waals surface area contributed by atoms with E-state index in [1.807, 2.05) is 25.1 Å². The van der Waals surface area contributed by atoms with Crippen molar-refractivity contribution in [2.45, 2.75) is 13.3 Å². The zero-order valence-electron chi connectivity index (χ0n) is 10.9. The van der Waals surface area contributed by atoms with Crippen molar-refractivity contribution in [3.8, 4) is 11.5 Å². The van der Waals surface area contributed by atoms with Crippen LogP contribution in [0.25, 0.3) is 21.9 Å². The summed E-state index contributed by atoms with van der Waals surface area (Å²) in [6, 6.07) is 5.70. The molecule has 0 aliphatic carbocycles. The van der Waals surface area contributed by atoms with Gasteiger partial charge in [-0.25, -0.2) is 15.0 Å². The lowest BCUT2D eigenvalue weighted by Crippen LogP contribution is -2.01. The molecule has 100 valence electrons. The Balaban J connectivity index is 2.06. The molecule has 0 bridgehead atoms. The molecule has 20 heavy (non-hydrogen) atoms. The summed E-state index contributed by atoms with van der Waals surface area (Å²) in [5.41, 5.74) is 7.41. The normalized spacial score (nSPS) is 13.2. The Hall–Kier alpha value is -2.63. The van der Waals surface area contributed by atoms with Crippen molar-refractivity contribution in [2.75, 3.05) is 12.5 Å². The van der Waals surface area contributed by atoms with E-state index in [4.69, 9.17) is 15.2 Å². The summed E-state index contributed by atoms with van der Waals surface area (Å²) in [5.74, 6) is 2.59. The molecule has 0 saturated heterocycles. The second kappa shape index (κ2) is 3.93. The molecule has 3 heterocycles. The van der Waals surface area contributed by atoms with Crippen LogP contribution in [-0.2, 0) is 6.42 Å². The average Bonchev–Trinajstić information content (AvgIpc) is 2.90. The van der Waals surface area contributed by atoms with E-state index in [9.17, 15) is 0 Å². The number of hydrogen-bond donors (Lipinski definition) is 1.